The van der Waals surface area contributed by atoms with Crippen molar-refractivity contribution < 1.29 is 0 Å². The number of nitrogens with two attached hydrogens (primary N) is 2. The fraction of sp³-hybridized carbons (Fsp3) is 0.571. The van der Waals surface area contributed by atoms with Crippen LogP contribution in [0.25, 0.3) is 0 Å². The second-order valence-corrected chi connectivity index (χ2v) is 17.9. The maximum atomic E-state index is 6.12. The van der Waals surface area contributed by atoms with E-state index in [0.29, 0.717) is 17.8 Å². The van der Waals surface area contributed by atoms with Gasteiger partial charge in [0.25, 0.3) is 0 Å². The van der Waals surface area contributed by atoms with Gasteiger partial charge in [-0.1, -0.05) is 228 Å². The van der Waals surface area contributed by atoms with Crippen LogP contribution in [-0.2, 0) is 12.8 Å². The quantitative estimate of drug-likeness (QED) is 0.0383. The normalized spacial score (nSPS) is 13.1. The molecule has 2 atom stereocenters. The van der Waals surface area contributed by atoms with Crippen molar-refractivity contribution in [2.75, 3.05) is 11.5 Å². The zero-order chi connectivity index (χ0) is 41.0. The van der Waals surface area contributed by atoms with Crippen molar-refractivity contribution in [2.45, 2.75) is 200 Å². The zero-order valence-corrected chi connectivity index (χ0v) is 37.5. The number of nitrogen functional groups attached to an aromatic ring is 2. The lowest BCUT2D eigenvalue weighted by Gasteiger charge is -2.21. The van der Waals surface area contributed by atoms with Crippen LogP contribution in [0.4, 0.5) is 11.4 Å². The minimum atomic E-state index is 0.426. The molecule has 0 aliphatic carbocycles. The number of hydrogen-bond donors (Lipinski definition) is 2. The number of unbranched alkanes of at least 4 members (excludes halogenated alkanes) is 18. The van der Waals surface area contributed by atoms with E-state index >= 15 is 0 Å². The van der Waals surface area contributed by atoms with Gasteiger partial charge in [0, 0.05) is 23.2 Å². The van der Waals surface area contributed by atoms with Crippen molar-refractivity contribution >= 4 is 11.4 Å². The summed E-state index contributed by atoms with van der Waals surface area (Å²) in [5.41, 5.74) is 22.6. The van der Waals surface area contributed by atoms with Crippen molar-refractivity contribution in [1.82, 2.24) is 0 Å². The highest BCUT2D eigenvalue weighted by Crippen LogP contribution is 2.34. The molecule has 4 aromatic rings. The van der Waals surface area contributed by atoms with Crippen LogP contribution in [0.2, 0.25) is 0 Å². The molecule has 0 aliphatic heterocycles. The van der Waals surface area contributed by atoms with Crippen molar-refractivity contribution in [2.24, 2.45) is 5.92 Å². The van der Waals surface area contributed by atoms with Gasteiger partial charge in [0.1, 0.15) is 0 Å². The number of hydrogen-bond acceptors (Lipinski definition) is 2. The van der Waals surface area contributed by atoms with E-state index in [2.05, 4.69) is 118 Å². The Kier molecular flexibility index (Phi) is 23.4. The monoisotopic (exact) mass is 785 g/mol. The van der Waals surface area contributed by atoms with Crippen LogP contribution >= 0.6 is 0 Å². The second kappa shape index (κ2) is 28.8. The first-order valence-electron chi connectivity index (χ1n) is 24.4. The fourth-order valence-corrected chi connectivity index (χ4v) is 9.22. The average Bonchev–Trinajstić information content (AvgIpc) is 3.24. The lowest BCUT2D eigenvalue weighted by atomic mass is 9.83. The highest BCUT2D eigenvalue weighted by Gasteiger charge is 2.18. The van der Waals surface area contributed by atoms with Crippen LogP contribution in [0, 0.1) is 5.92 Å². The van der Waals surface area contributed by atoms with Crippen LogP contribution in [0.1, 0.15) is 220 Å². The molecule has 0 spiro atoms. The molecule has 4 aromatic carbocycles. The van der Waals surface area contributed by atoms with Crippen molar-refractivity contribution in [3.05, 3.63) is 130 Å². The molecule has 0 heterocycles. The molecule has 0 fully saturated rings. The first-order chi connectivity index (χ1) is 28.5. The molecule has 2 unspecified atom stereocenters. The molecule has 0 aliphatic rings. The summed E-state index contributed by atoms with van der Waals surface area (Å²) in [6, 6.07) is 36.9. The van der Waals surface area contributed by atoms with Crippen LogP contribution in [-0.4, -0.2) is 0 Å². The van der Waals surface area contributed by atoms with Crippen molar-refractivity contribution in [3.63, 3.8) is 0 Å². The topological polar surface area (TPSA) is 52.0 Å². The Labute approximate surface area is 357 Å². The molecule has 0 saturated heterocycles. The first-order valence-corrected chi connectivity index (χ1v) is 24.4. The summed E-state index contributed by atoms with van der Waals surface area (Å²) in [7, 11) is 0. The maximum Gasteiger partial charge on any atom is 0.0314 e. The summed E-state index contributed by atoms with van der Waals surface area (Å²) < 4.78 is 0. The van der Waals surface area contributed by atoms with Crippen LogP contribution in [0.15, 0.2) is 97.1 Å². The highest BCUT2D eigenvalue weighted by molar-refractivity contribution is 5.44. The average molecular weight is 785 g/mol. The molecular weight excluding hydrogens is 701 g/mol. The molecule has 0 bridgehead atoms. The van der Waals surface area contributed by atoms with Gasteiger partial charge in [0.05, 0.1) is 0 Å². The molecule has 0 amide bonds. The van der Waals surface area contributed by atoms with E-state index in [1.54, 1.807) is 0 Å². The summed E-state index contributed by atoms with van der Waals surface area (Å²) in [5.74, 6) is 1.50. The van der Waals surface area contributed by atoms with Crippen LogP contribution in [0.5, 0.6) is 0 Å². The fourth-order valence-electron chi connectivity index (χ4n) is 9.22. The Bertz CT molecular complexity index is 1460. The molecule has 2 nitrogen and oxygen atoms in total. The maximum absolute atomic E-state index is 6.12. The third kappa shape index (κ3) is 18.2. The van der Waals surface area contributed by atoms with E-state index in [9.17, 15) is 0 Å². The van der Waals surface area contributed by atoms with Gasteiger partial charge in [-0.3, -0.25) is 0 Å². The SMILES string of the molecule is CCCCCCCCCCC(c1ccc(N)cc1)c1ccc(CC(CCCCCCC)Cc2ccc(C(CCCCCCCCCC)c3ccc(N)cc3)cc2)cc1. The summed E-state index contributed by atoms with van der Waals surface area (Å²) in [5, 5.41) is 0. The van der Waals surface area contributed by atoms with Gasteiger partial charge in [0.2, 0.25) is 0 Å². The Morgan fingerprint density at radius 3 is 0.879 bits per heavy atom. The van der Waals surface area contributed by atoms with Gasteiger partial charge in [-0.05, 0) is 95.7 Å². The standard InChI is InChI=1S/C56H84N2/c1-4-7-10-13-15-17-20-23-26-55(51-36-40-53(57)41-37-51)49-32-28-46(29-33-49)44-48(25-22-19-12-9-6-3)45-47-30-34-50(35-31-47)56(52-38-42-54(58)43-39-52)27-24-21-18-16-14-11-8-5-2/h28-43,48,55-56H,4-27,44-45,57-58H2,1-3H3. The number of rotatable bonds is 32. The van der Waals surface area contributed by atoms with E-state index in [1.807, 2.05) is 0 Å². The molecule has 0 radical (unpaired) electrons. The molecule has 58 heavy (non-hydrogen) atoms. The van der Waals surface area contributed by atoms with E-state index in [-0.39, 0.29) is 0 Å². The Hall–Kier alpha value is -3.52. The van der Waals surface area contributed by atoms with Crippen molar-refractivity contribution in [1.29, 1.82) is 0 Å². The van der Waals surface area contributed by atoms with Crippen LogP contribution < -0.4 is 11.5 Å². The van der Waals surface area contributed by atoms with Gasteiger partial charge in [0.15, 0.2) is 0 Å². The highest BCUT2D eigenvalue weighted by atomic mass is 14.5. The van der Waals surface area contributed by atoms with E-state index in [1.165, 1.54) is 187 Å². The summed E-state index contributed by atoms with van der Waals surface area (Å²) in [4.78, 5) is 0. The van der Waals surface area contributed by atoms with Gasteiger partial charge in [-0.25, -0.2) is 0 Å². The summed E-state index contributed by atoms with van der Waals surface area (Å²) >= 11 is 0. The molecule has 318 valence electrons. The third-order valence-electron chi connectivity index (χ3n) is 12.9. The predicted molar refractivity (Wildman–Crippen MR) is 257 cm³/mol. The minimum absolute atomic E-state index is 0.426. The third-order valence-corrected chi connectivity index (χ3v) is 12.9. The number of benzene rings is 4. The Balaban J connectivity index is 1.41. The zero-order valence-electron chi connectivity index (χ0n) is 37.5. The van der Waals surface area contributed by atoms with Gasteiger partial charge in [-0.2, -0.15) is 0 Å². The predicted octanol–water partition coefficient (Wildman–Crippen LogP) is 16.9. The first kappa shape index (κ1) is 47.2. The second-order valence-electron chi connectivity index (χ2n) is 17.9. The minimum Gasteiger partial charge on any atom is -0.399 e. The van der Waals surface area contributed by atoms with E-state index in [0.717, 1.165) is 24.2 Å². The Morgan fingerprint density at radius 2 is 0.569 bits per heavy atom. The molecule has 2 heteroatoms. The molecular formula is C56H84N2. The molecule has 0 saturated carbocycles. The molecule has 4 N–H and O–H groups in total. The lowest BCUT2D eigenvalue weighted by molar-refractivity contribution is 0.446. The van der Waals surface area contributed by atoms with Crippen LogP contribution in [0.3, 0.4) is 0 Å². The van der Waals surface area contributed by atoms with Gasteiger partial charge >= 0.3 is 0 Å². The number of anilines is 2. The molecule has 0 aromatic heterocycles. The summed E-state index contributed by atoms with van der Waals surface area (Å²) in [6.45, 7) is 6.92. The summed E-state index contributed by atoms with van der Waals surface area (Å²) in [6.07, 6.45) is 34.4. The molecule has 4 rings (SSSR count). The van der Waals surface area contributed by atoms with E-state index < -0.39 is 0 Å². The van der Waals surface area contributed by atoms with Gasteiger partial charge < -0.3 is 11.5 Å². The van der Waals surface area contributed by atoms with Crippen molar-refractivity contribution in [3.8, 4) is 0 Å². The van der Waals surface area contributed by atoms with Gasteiger partial charge in [-0.15, -0.1) is 0 Å². The smallest absolute Gasteiger partial charge is 0.0314 e. The van der Waals surface area contributed by atoms with E-state index in [4.69, 9.17) is 11.5 Å². The lowest BCUT2D eigenvalue weighted by Crippen LogP contribution is -2.10. The largest absolute Gasteiger partial charge is 0.399 e. The Morgan fingerprint density at radius 1 is 0.310 bits per heavy atom.